The molecule has 1 atom stereocenters. The predicted molar refractivity (Wildman–Crippen MR) is 48.2 cm³/mol. The molecule has 1 aliphatic heterocycles. The van der Waals surface area contributed by atoms with Gasteiger partial charge in [0.25, 0.3) is 0 Å². The Hall–Kier alpha value is -0.220. The molecule has 4 heteroatoms. The van der Waals surface area contributed by atoms with Crippen LogP contribution in [0, 0.1) is 0 Å². The van der Waals surface area contributed by atoms with E-state index in [1.807, 2.05) is 11.8 Å². The van der Waals surface area contributed by atoms with Gasteiger partial charge in [-0.1, -0.05) is 0 Å². The third-order valence-corrected chi connectivity index (χ3v) is 4.40. The Morgan fingerprint density at radius 1 is 1.42 bits per heavy atom. The minimum atomic E-state index is -0.929. The molecule has 0 aromatic carbocycles. The Labute approximate surface area is 75.7 Å². The molecule has 1 saturated heterocycles. The molecule has 0 bridgehead atoms. The third kappa shape index (κ3) is 1.23. The van der Waals surface area contributed by atoms with E-state index in [1.54, 1.807) is 0 Å². The topological polar surface area (TPSA) is 63.3 Å². The standard InChI is InChI=1S/C8H13NO2S/c9-8(6(10)11)3-4-12-7(5-8)1-2-7/h1-5,9H2,(H,10,11). The number of carboxylic acid groups (broad SMARTS) is 1. The lowest BCUT2D eigenvalue weighted by molar-refractivity contribution is -0.143. The number of aliphatic carboxylic acids is 1. The predicted octanol–water partition coefficient (Wildman–Crippen LogP) is 0.828. The molecule has 0 aromatic heterocycles. The zero-order chi connectivity index (χ0) is 8.82. The lowest BCUT2D eigenvalue weighted by atomic mass is 9.90. The molecule has 2 rings (SSSR count). The summed E-state index contributed by atoms with van der Waals surface area (Å²) in [4.78, 5) is 10.9. The van der Waals surface area contributed by atoms with E-state index < -0.39 is 11.5 Å². The average molecular weight is 187 g/mol. The minimum Gasteiger partial charge on any atom is -0.480 e. The van der Waals surface area contributed by atoms with Gasteiger partial charge in [0.1, 0.15) is 5.54 Å². The minimum absolute atomic E-state index is 0.255. The SMILES string of the molecule is NC1(C(=O)O)CCSC2(CC2)C1. The molecular formula is C8H13NO2S. The van der Waals surface area contributed by atoms with Crippen molar-refractivity contribution in [3.8, 4) is 0 Å². The van der Waals surface area contributed by atoms with Gasteiger partial charge in [0.2, 0.25) is 0 Å². The summed E-state index contributed by atoms with van der Waals surface area (Å²) in [6.45, 7) is 0. The van der Waals surface area contributed by atoms with E-state index in [2.05, 4.69) is 0 Å². The van der Waals surface area contributed by atoms with E-state index in [9.17, 15) is 4.79 Å². The Morgan fingerprint density at radius 3 is 2.58 bits per heavy atom. The van der Waals surface area contributed by atoms with Crippen LogP contribution < -0.4 is 5.73 Å². The summed E-state index contributed by atoms with van der Waals surface area (Å²) in [5.41, 5.74) is 4.88. The number of thioether (sulfide) groups is 1. The smallest absolute Gasteiger partial charge is 0.323 e. The van der Waals surface area contributed by atoms with Crippen LogP contribution in [0.1, 0.15) is 25.7 Å². The highest BCUT2D eigenvalue weighted by Gasteiger charge is 2.53. The number of nitrogens with two attached hydrogens (primary N) is 1. The van der Waals surface area contributed by atoms with E-state index in [-0.39, 0.29) is 4.75 Å². The van der Waals surface area contributed by atoms with Crippen molar-refractivity contribution in [1.29, 1.82) is 0 Å². The van der Waals surface area contributed by atoms with E-state index in [1.165, 1.54) is 0 Å². The van der Waals surface area contributed by atoms with E-state index in [4.69, 9.17) is 10.8 Å². The summed E-state index contributed by atoms with van der Waals surface area (Å²) in [7, 11) is 0. The average Bonchev–Trinajstić information content (AvgIpc) is 2.68. The third-order valence-electron chi connectivity index (χ3n) is 2.83. The zero-order valence-electron chi connectivity index (χ0n) is 6.88. The van der Waals surface area contributed by atoms with Gasteiger partial charge < -0.3 is 10.8 Å². The zero-order valence-corrected chi connectivity index (χ0v) is 7.69. The van der Waals surface area contributed by atoms with Crippen molar-refractivity contribution >= 4 is 17.7 Å². The van der Waals surface area contributed by atoms with Gasteiger partial charge in [-0.05, 0) is 31.4 Å². The van der Waals surface area contributed by atoms with Gasteiger partial charge in [0.15, 0.2) is 0 Å². The quantitative estimate of drug-likeness (QED) is 0.638. The molecule has 2 fully saturated rings. The van der Waals surface area contributed by atoms with Crippen molar-refractivity contribution < 1.29 is 9.90 Å². The fourth-order valence-electron chi connectivity index (χ4n) is 1.81. The second-order valence-electron chi connectivity index (χ2n) is 3.92. The lowest BCUT2D eigenvalue weighted by Gasteiger charge is -2.34. The maximum Gasteiger partial charge on any atom is 0.323 e. The van der Waals surface area contributed by atoms with Crippen LogP contribution >= 0.6 is 11.8 Å². The summed E-state index contributed by atoms with van der Waals surface area (Å²) < 4.78 is 0.255. The van der Waals surface area contributed by atoms with Crippen LogP contribution in [0.5, 0.6) is 0 Å². The number of hydrogen-bond acceptors (Lipinski definition) is 3. The normalized spacial score (nSPS) is 38.1. The molecule has 0 amide bonds. The first-order valence-electron chi connectivity index (χ1n) is 4.23. The first-order chi connectivity index (χ1) is 5.56. The molecule has 1 saturated carbocycles. The van der Waals surface area contributed by atoms with Gasteiger partial charge in [-0.25, -0.2) is 0 Å². The number of carboxylic acids is 1. The first-order valence-corrected chi connectivity index (χ1v) is 5.21. The summed E-state index contributed by atoms with van der Waals surface area (Å²) in [5, 5.41) is 8.92. The highest BCUT2D eigenvalue weighted by molar-refractivity contribution is 8.01. The molecule has 3 nitrogen and oxygen atoms in total. The number of hydrogen-bond donors (Lipinski definition) is 2. The van der Waals surface area contributed by atoms with Gasteiger partial charge in [-0.2, -0.15) is 11.8 Å². The highest BCUT2D eigenvalue weighted by Crippen LogP contribution is 2.56. The Morgan fingerprint density at radius 2 is 2.08 bits per heavy atom. The molecule has 2 aliphatic rings. The van der Waals surface area contributed by atoms with Crippen molar-refractivity contribution in [2.24, 2.45) is 5.73 Å². The van der Waals surface area contributed by atoms with Gasteiger partial charge in [0, 0.05) is 4.75 Å². The van der Waals surface area contributed by atoms with Crippen LogP contribution in [0.3, 0.4) is 0 Å². The molecule has 1 aliphatic carbocycles. The van der Waals surface area contributed by atoms with Gasteiger partial charge in [0.05, 0.1) is 0 Å². The van der Waals surface area contributed by atoms with Crippen LogP contribution in [0.4, 0.5) is 0 Å². The van der Waals surface area contributed by atoms with Crippen LogP contribution in [0.15, 0.2) is 0 Å². The molecule has 0 radical (unpaired) electrons. The fourth-order valence-corrected chi connectivity index (χ4v) is 3.46. The number of carbonyl (C=O) groups is 1. The highest BCUT2D eigenvalue weighted by atomic mass is 32.2. The van der Waals surface area contributed by atoms with E-state index in [0.29, 0.717) is 12.8 Å². The van der Waals surface area contributed by atoms with Crippen LogP contribution in [-0.4, -0.2) is 27.1 Å². The summed E-state index contributed by atoms with van der Waals surface area (Å²) in [5.74, 6) is 0.0806. The van der Waals surface area contributed by atoms with Crippen molar-refractivity contribution in [3.63, 3.8) is 0 Å². The Kier molecular flexibility index (Phi) is 1.67. The van der Waals surface area contributed by atoms with E-state index >= 15 is 0 Å². The van der Waals surface area contributed by atoms with E-state index in [0.717, 1.165) is 18.6 Å². The molecular weight excluding hydrogens is 174 g/mol. The largest absolute Gasteiger partial charge is 0.480 e. The monoisotopic (exact) mass is 187 g/mol. The summed E-state index contributed by atoms with van der Waals surface area (Å²) in [6.07, 6.45) is 3.60. The molecule has 1 unspecified atom stereocenters. The second-order valence-corrected chi connectivity index (χ2v) is 5.48. The maximum atomic E-state index is 10.9. The molecule has 0 aromatic rings. The van der Waals surface area contributed by atoms with Gasteiger partial charge >= 0.3 is 5.97 Å². The lowest BCUT2D eigenvalue weighted by Crippen LogP contribution is -2.53. The van der Waals surface area contributed by atoms with Crippen LogP contribution in [0.25, 0.3) is 0 Å². The Balaban J connectivity index is 2.12. The molecule has 3 N–H and O–H groups in total. The molecule has 1 spiro atoms. The fraction of sp³-hybridized carbons (Fsp3) is 0.875. The first kappa shape index (κ1) is 8.38. The van der Waals surface area contributed by atoms with Gasteiger partial charge in [-0.15, -0.1) is 0 Å². The maximum absolute atomic E-state index is 10.9. The van der Waals surface area contributed by atoms with Crippen molar-refractivity contribution in [3.05, 3.63) is 0 Å². The van der Waals surface area contributed by atoms with Crippen LogP contribution in [-0.2, 0) is 4.79 Å². The number of rotatable bonds is 1. The molecule has 68 valence electrons. The Bertz CT molecular complexity index is 227. The molecule has 12 heavy (non-hydrogen) atoms. The summed E-state index contributed by atoms with van der Waals surface area (Å²) in [6, 6.07) is 0. The second kappa shape index (κ2) is 2.39. The van der Waals surface area contributed by atoms with Crippen molar-refractivity contribution in [2.75, 3.05) is 5.75 Å². The summed E-state index contributed by atoms with van der Waals surface area (Å²) >= 11 is 1.91. The molecule has 1 heterocycles. The van der Waals surface area contributed by atoms with Crippen LogP contribution in [0.2, 0.25) is 0 Å². The van der Waals surface area contributed by atoms with Crippen molar-refractivity contribution in [2.45, 2.75) is 36.0 Å². The van der Waals surface area contributed by atoms with Gasteiger partial charge in [-0.3, -0.25) is 4.79 Å². The van der Waals surface area contributed by atoms with Crippen molar-refractivity contribution in [1.82, 2.24) is 0 Å².